The van der Waals surface area contributed by atoms with Gasteiger partial charge in [0.1, 0.15) is 5.38 Å². The highest BCUT2D eigenvalue weighted by Crippen LogP contribution is 2.20. The fourth-order valence-electron chi connectivity index (χ4n) is 1.07. The third-order valence-electron chi connectivity index (χ3n) is 2.05. The third-order valence-corrected chi connectivity index (χ3v) is 3.64. The van der Waals surface area contributed by atoms with Gasteiger partial charge in [0.2, 0.25) is 15.7 Å². The highest BCUT2D eigenvalue weighted by Gasteiger charge is 2.26. The van der Waals surface area contributed by atoms with Crippen LogP contribution in [-0.4, -0.2) is 25.5 Å². The van der Waals surface area contributed by atoms with Gasteiger partial charge in [0, 0.05) is 5.69 Å². The normalized spacial score (nSPS) is 13.4. The van der Waals surface area contributed by atoms with E-state index < -0.39 is 31.8 Å². The van der Waals surface area contributed by atoms with E-state index in [-0.39, 0.29) is 5.69 Å². The molecule has 8 heteroatoms. The molecule has 0 aliphatic rings. The maximum atomic E-state index is 12.2. The Hall–Kier alpha value is -1.21. The molecule has 0 saturated heterocycles. The summed E-state index contributed by atoms with van der Waals surface area (Å²) in [6.07, 6.45) is 0. The van der Waals surface area contributed by atoms with Crippen molar-refractivity contribution in [3.63, 3.8) is 0 Å². The summed E-state index contributed by atoms with van der Waals surface area (Å²) >= 11 is 5.52. The minimum absolute atomic E-state index is 0.278. The lowest BCUT2D eigenvalue weighted by molar-refractivity contribution is -0.115. The Balaban J connectivity index is 2.91. The number of rotatable bonds is 4. The molecule has 0 radical (unpaired) electrons. The van der Waals surface area contributed by atoms with E-state index in [4.69, 9.17) is 11.6 Å². The summed E-state index contributed by atoms with van der Waals surface area (Å²) in [5.74, 6) is -3.94. The maximum absolute atomic E-state index is 12.2. The van der Waals surface area contributed by atoms with E-state index in [0.717, 1.165) is 12.1 Å². The first-order valence-electron chi connectivity index (χ1n) is 4.82. The molecular weight excluding hydrogens is 288 g/mol. The van der Waals surface area contributed by atoms with Crippen molar-refractivity contribution in [1.29, 1.82) is 0 Å². The van der Waals surface area contributed by atoms with Gasteiger partial charge in [-0.3, -0.25) is 4.79 Å². The number of hydrogen-bond donors (Lipinski definition) is 1. The Morgan fingerprint density at radius 2 is 1.78 bits per heavy atom. The molecule has 100 valence electrons. The summed E-state index contributed by atoms with van der Waals surface area (Å²) in [7, 11) is -4.61. The van der Waals surface area contributed by atoms with Crippen molar-refractivity contribution in [2.75, 3.05) is 5.32 Å². The van der Waals surface area contributed by atoms with Gasteiger partial charge in [-0.15, -0.1) is 11.6 Å². The number of amides is 1. The second-order valence-electron chi connectivity index (χ2n) is 3.44. The lowest BCUT2D eigenvalue weighted by Gasteiger charge is -2.07. The topological polar surface area (TPSA) is 63.2 Å². The summed E-state index contributed by atoms with van der Waals surface area (Å²) in [6, 6.07) is 4.42. The number of anilines is 1. The molecule has 1 amide bonds. The van der Waals surface area contributed by atoms with Crippen LogP contribution in [0.5, 0.6) is 0 Å². The molecule has 0 aliphatic carbocycles. The van der Waals surface area contributed by atoms with Gasteiger partial charge >= 0.3 is 5.76 Å². The van der Waals surface area contributed by atoms with E-state index >= 15 is 0 Å². The molecule has 0 saturated carbocycles. The van der Waals surface area contributed by atoms with E-state index in [9.17, 15) is 22.0 Å². The number of carbonyl (C=O) groups excluding carboxylic acids is 1. The number of sulfone groups is 1. The molecule has 1 unspecified atom stereocenters. The molecule has 4 nitrogen and oxygen atoms in total. The van der Waals surface area contributed by atoms with Crippen molar-refractivity contribution in [3.05, 3.63) is 24.3 Å². The van der Waals surface area contributed by atoms with Crippen molar-refractivity contribution in [1.82, 2.24) is 0 Å². The van der Waals surface area contributed by atoms with Crippen molar-refractivity contribution < 1.29 is 22.0 Å². The molecule has 0 fully saturated rings. The number of halogens is 3. The summed E-state index contributed by atoms with van der Waals surface area (Å²) in [6.45, 7) is 1.46. The fourth-order valence-corrected chi connectivity index (χ4v) is 1.85. The van der Waals surface area contributed by atoms with E-state index in [2.05, 4.69) is 5.32 Å². The van der Waals surface area contributed by atoms with Crippen molar-refractivity contribution in [2.45, 2.75) is 23.0 Å². The quantitative estimate of drug-likeness (QED) is 0.867. The SMILES string of the molecule is CC(Cl)C(=O)Nc1ccc(S(=O)(=O)C(F)F)cc1. The first-order chi connectivity index (χ1) is 8.25. The van der Waals surface area contributed by atoms with Gasteiger partial charge in [0.05, 0.1) is 4.90 Å². The zero-order valence-corrected chi connectivity index (χ0v) is 10.8. The second kappa shape index (κ2) is 5.62. The molecule has 1 atom stereocenters. The molecule has 0 heterocycles. The lowest BCUT2D eigenvalue weighted by Crippen LogP contribution is -2.20. The first kappa shape index (κ1) is 14.8. The van der Waals surface area contributed by atoms with Crippen molar-refractivity contribution in [3.8, 4) is 0 Å². The van der Waals surface area contributed by atoms with Gasteiger partial charge in [0.25, 0.3) is 0 Å². The zero-order valence-electron chi connectivity index (χ0n) is 9.23. The largest absolute Gasteiger partial charge is 0.341 e. The van der Waals surface area contributed by atoms with Crippen LogP contribution in [0.1, 0.15) is 6.92 Å². The molecular formula is C10H10ClF2NO3S. The maximum Gasteiger partial charge on any atom is 0.341 e. The van der Waals surface area contributed by atoms with Gasteiger partial charge < -0.3 is 5.32 Å². The van der Waals surface area contributed by atoms with Crippen LogP contribution < -0.4 is 5.32 Å². The van der Waals surface area contributed by atoms with E-state index in [0.29, 0.717) is 0 Å². The Bertz CT molecular complexity index is 529. The van der Waals surface area contributed by atoms with Crippen molar-refractivity contribution >= 4 is 33.0 Å². The first-order valence-corrected chi connectivity index (χ1v) is 6.80. The standard InChI is InChI=1S/C10H10ClF2NO3S/c1-6(11)9(15)14-7-2-4-8(5-3-7)18(16,17)10(12)13/h2-6,10H,1H3,(H,14,15). The van der Waals surface area contributed by atoms with E-state index in [1.54, 1.807) is 0 Å². The number of benzene rings is 1. The average Bonchev–Trinajstić information content (AvgIpc) is 2.29. The highest BCUT2D eigenvalue weighted by molar-refractivity contribution is 7.91. The summed E-state index contributed by atoms with van der Waals surface area (Å²) in [5.41, 5.74) is 0.278. The smallest absolute Gasteiger partial charge is 0.325 e. The van der Waals surface area contributed by atoms with Crippen LogP contribution in [-0.2, 0) is 14.6 Å². The van der Waals surface area contributed by atoms with Crippen LogP contribution in [0.4, 0.5) is 14.5 Å². The molecule has 18 heavy (non-hydrogen) atoms. The predicted molar refractivity (Wildman–Crippen MR) is 63.6 cm³/mol. The molecule has 0 aliphatic heterocycles. The van der Waals surface area contributed by atoms with Gasteiger partial charge in [0.15, 0.2) is 0 Å². The fraction of sp³-hybridized carbons (Fsp3) is 0.300. The lowest BCUT2D eigenvalue weighted by atomic mass is 10.3. The Morgan fingerprint density at radius 3 is 2.17 bits per heavy atom. The van der Waals surface area contributed by atoms with Crippen LogP contribution >= 0.6 is 11.6 Å². The molecule has 0 spiro atoms. The molecule has 0 aromatic heterocycles. The van der Waals surface area contributed by atoms with E-state index in [1.165, 1.54) is 19.1 Å². The minimum atomic E-state index is -4.61. The minimum Gasteiger partial charge on any atom is -0.325 e. The summed E-state index contributed by atoms with van der Waals surface area (Å²) in [4.78, 5) is 10.7. The number of hydrogen-bond acceptors (Lipinski definition) is 3. The van der Waals surface area contributed by atoms with Crippen LogP contribution in [0.2, 0.25) is 0 Å². The number of nitrogens with one attached hydrogen (secondary N) is 1. The molecule has 1 N–H and O–H groups in total. The van der Waals surface area contributed by atoms with Gasteiger partial charge in [-0.1, -0.05) is 0 Å². The van der Waals surface area contributed by atoms with E-state index in [1.807, 2.05) is 0 Å². The number of alkyl halides is 3. The molecule has 1 rings (SSSR count). The average molecular weight is 298 g/mol. The predicted octanol–water partition coefficient (Wildman–Crippen LogP) is 2.25. The van der Waals surface area contributed by atoms with Crippen LogP contribution in [0.15, 0.2) is 29.2 Å². The molecule has 1 aromatic rings. The Morgan fingerprint density at radius 1 is 1.28 bits per heavy atom. The highest BCUT2D eigenvalue weighted by atomic mass is 35.5. The van der Waals surface area contributed by atoms with Crippen LogP contribution in [0, 0.1) is 0 Å². The monoisotopic (exact) mass is 297 g/mol. The Labute approximate surface area is 108 Å². The van der Waals surface area contributed by atoms with Crippen LogP contribution in [0.3, 0.4) is 0 Å². The summed E-state index contributed by atoms with van der Waals surface area (Å²) in [5, 5.41) is 1.64. The molecule has 1 aromatic carbocycles. The zero-order chi connectivity index (χ0) is 13.9. The molecule has 0 bridgehead atoms. The third kappa shape index (κ3) is 3.39. The number of carbonyl (C=O) groups is 1. The van der Waals surface area contributed by atoms with Gasteiger partial charge in [-0.2, -0.15) is 8.78 Å². The second-order valence-corrected chi connectivity index (χ2v) is 6.01. The van der Waals surface area contributed by atoms with Gasteiger partial charge in [-0.05, 0) is 31.2 Å². The summed E-state index contributed by atoms with van der Waals surface area (Å²) < 4.78 is 46.7. The van der Waals surface area contributed by atoms with Crippen LogP contribution in [0.25, 0.3) is 0 Å². The Kier molecular flexibility index (Phi) is 4.64. The van der Waals surface area contributed by atoms with Gasteiger partial charge in [-0.25, -0.2) is 8.42 Å². The van der Waals surface area contributed by atoms with Crippen molar-refractivity contribution in [2.24, 2.45) is 0 Å².